The topological polar surface area (TPSA) is 136 Å². The molecule has 5 aromatic rings. The molecule has 232 valence electrons. The van der Waals surface area contributed by atoms with E-state index in [0.717, 1.165) is 21.7 Å². The number of amides is 2. The van der Waals surface area contributed by atoms with Crippen molar-refractivity contribution in [3.63, 3.8) is 0 Å². The second kappa shape index (κ2) is 13.8. The smallest absolute Gasteiger partial charge is 0.269 e. The number of benzene rings is 3. The number of hydrazone groups is 1. The summed E-state index contributed by atoms with van der Waals surface area (Å²) >= 11 is 2.75. The maximum atomic E-state index is 13.7. The van der Waals surface area contributed by atoms with Crippen LogP contribution >= 0.6 is 23.1 Å². The number of carbonyl (C=O) groups excluding carboxylic acids is 2. The van der Waals surface area contributed by atoms with Crippen LogP contribution in [-0.2, 0) is 17.9 Å². The summed E-state index contributed by atoms with van der Waals surface area (Å²) in [7, 11) is 0. The summed E-state index contributed by atoms with van der Waals surface area (Å²) < 4.78 is 15.5. The second-order valence-corrected chi connectivity index (χ2v) is 12.2. The normalized spacial score (nSPS) is 14.2. The van der Waals surface area contributed by atoms with E-state index in [2.05, 4.69) is 20.6 Å². The van der Waals surface area contributed by atoms with Gasteiger partial charge < -0.3 is 9.88 Å². The summed E-state index contributed by atoms with van der Waals surface area (Å²) in [5.74, 6) is -0.535. The Morgan fingerprint density at radius 2 is 1.76 bits per heavy atom. The highest BCUT2D eigenvalue weighted by molar-refractivity contribution is 7.99. The first-order valence-electron chi connectivity index (χ1n) is 14.2. The number of nitro benzene ring substituents is 1. The molecular formula is C32H26FN7O4S2. The zero-order chi connectivity index (χ0) is 32.0. The molecule has 1 unspecified atom stereocenters. The number of rotatable bonds is 11. The highest BCUT2D eigenvalue weighted by Gasteiger charge is 2.33. The Hall–Kier alpha value is -5.21. The molecule has 1 N–H and O–H groups in total. The van der Waals surface area contributed by atoms with Crippen LogP contribution in [0.1, 0.15) is 44.6 Å². The molecule has 46 heavy (non-hydrogen) atoms. The van der Waals surface area contributed by atoms with E-state index in [-0.39, 0.29) is 41.3 Å². The number of hydrogen-bond acceptors (Lipinski definition) is 9. The lowest BCUT2D eigenvalue weighted by Gasteiger charge is -2.22. The van der Waals surface area contributed by atoms with Gasteiger partial charge in [-0.05, 0) is 46.8 Å². The molecule has 1 aliphatic rings. The molecule has 3 aromatic carbocycles. The first-order valence-corrected chi connectivity index (χ1v) is 16.0. The summed E-state index contributed by atoms with van der Waals surface area (Å²) in [6.45, 7) is 0.438. The van der Waals surface area contributed by atoms with Gasteiger partial charge in [-0.2, -0.15) is 5.10 Å². The molecular weight excluding hydrogens is 630 g/mol. The van der Waals surface area contributed by atoms with Crippen molar-refractivity contribution in [3.05, 3.63) is 140 Å². The van der Waals surface area contributed by atoms with Gasteiger partial charge in [0.1, 0.15) is 5.82 Å². The van der Waals surface area contributed by atoms with Crippen molar-refractivity contribution < 1.29 is 18.9 Å². The average Bonchev–Trinajstić information content (AvgIpc) is 3.84. The molecule has 0 fully saturated rings. The number of halogens is 1. The number of thiophene rings is 1. The van der Waals surface area contributed by atoms with E-state index in [9.17, 15) is 24.1 Å². The largest absolute Gasteiger partial charge is 0.345 e. The minimum absolute atomic E-state index is 0.0149. The van der Waals surface area contributed by atoms with Crippen LogP contribution in [0, 0.1) is 15.9 Å². The van der Waals surface area contributed by atoms with E-state index in [1.165, 1.54) is 53.2 Å². The fourth-order valence-electron chi connectivity index (χ4n) is 4.95. The Balaban J connectivity index is 1.20. The summed E-state index contributed by atoms with van der Waals surface area (Å²) in [5, 5.41) is 31.0. The number of aromatic nitrogens is 3. The lowest BCUT2D eigenvalue weighted by Crippen LogP contribution is -2.28. The number of carbonyl (C=O) groups is 2. The van der Waals surface area contributed by atoms with Gasteiger partial charge in [-0.1, -0.05) is 60.3 Å². The Kier molecular flexibility index (Phi) is 9.26. The maximum Gasteiger partial charge on any atom is 0.269 e. The summed E-state index contributed by atoms with van der Waals surface area (Å²) in [4.78, 5) is 37.9. The zero-order valence-electron chi connectivity index (χ0n) is 24.2. The van der Waals surface area contributed by atoms with Crippen LogP contribution in [-0.4, -0.2) is 48.0 Å². The highest BCUT2D eigenvalue weighted by Crippen LogP contribution is 2.35. The van der Waals surface area contributed by atoms with Crippen molar-refractivity contribution in [2.24, 2.45) is 5.10 Å². The van der Waals surface area contributed by atoms with Crippen molar-refractivity contribution in [3.8, 4) is 0 Å². The third-order valence-electron chi connectivity index (χ3n) is 7.28. The second-order valence-electron chi connectivity index (χ2n) is 10.3. The van der Waals surface area contributed by atoms with Crippen LogP contribution in [0.2, 0.25) is 0 Å². The molecule has 14 heteroatoms. The van der Waals surface area contributed by atoms with E-state index in [1.807, 2.05) is 52.4 Å². The SMILES string of the molecule is O=C(NCc1nnc(SCC(=O)N2N=C(c3cccs3)CC2c2ccc(F)cc2)n1Cc1ccccc1)c1ccc([N+](=O)[O-])cc1. The number of nitrogens with zero attached hydrogens (tertiary/aromatic N) is 6. The Labute approximate surface area is 270 Å². The first-order chi connectivity index (χ1) is 22.4. The minimum atomic E-state index is -0.528. The van der Waals surface area contributed by atoms with E-state index >= 15 is 0 Å². The molecule has 0 saturated carbocycles. The fourth-order valence-corrected chi connectivity index (χ4v) is 6.48. The van der Waals surface area contributed by atoms with Crippen LogP contribution in [0.4, 0.5) is 10.1 Å². The molecule has 2 amide bonds. The van der Waals surface area contributed by atoms with Crippen molar-refractivity contribution in [1.82, 2.24) is 25.1 Å². The molecule has 1 atom stereocenters. The van der Waals surface area contributed by atoms with Crippen molar-refractivity contribution in [2.45, 2.75) is 30.7 Å². The number of non-ortho nitro benzene ring substituents is 1. The van der Waals surface area contributed by atoms with Gasteiger partial charge in [0.25, 0.3) is 17.5 Å². The van der Waals surface area contributed by atoms with E-state index < -0.39 is 10.8 Å². The summed E-state index contributed by atoms with van der Waals surface area (Å²) in [5.41, 5.74) is 2.71. The minimum Gasteiger partial charge on any atom is -0.345 e. The Morgan fingerprint density at radius 3 is 2.46 bits per heavy atom. The molecule has 0 bridgehead atoms. The third kappa shape index (κ3) is 7.03. The first kappa shape index (κ1) is 30.8. The molecule has 1 aliphatic heterocycles. The highest BCUT2D eigenvalue weighted by atomic mass is 32.2. The predicted octanol–water partition coefficient (Wildman–Crippen LogP) is 5.84. The van der Waals surface area contributed by atoms with Gasteiger partial charge in [-0.15, -0.1) is 21.5 Å². The van der Waals surface area contributed by atoms with Gasteiger partial charge >= 0.3 is 0 Å². The fraction of sp³-hybridized carbons (Fsp3) is 0.156. The molecule has 2 aromatic heterocycles. The molecule has 3 heterocycles. The quantitative estimate of drug-likeness (QED) is 0.107. The average molecular weight is 656 g/mol. The Bertz CT molecular complexity index is 1880. The predicted molar refractivity (Wildman–Crippen MR) is 172 cm³/mol. The van der Waals surface area contributed by atoms with Crippen LogP contribution < -0.4 is 5.32 Å². The van der Waals surface area contributed by atoms with Crippen LogP contribution in [0.5, 0.6) is 0 Å². The van der Waals surface area contributed by atoms with E-state index in [0.29, 0.717) is 23.9 Å². The maximum absolute atomic E-state index is 13.7. The number of nitro groups is 1. The Morgan fingerprint density at radius 1 is 1.00 bits per heavy atom. The molecule has 0 saturated heterocycles. The number of thioether (sulfide) groups is 1. The van der Waals surface area contributed by atoms with Crippen molar-refractivity contribution in [1.29, 1.82) is 0 Å². The van der Waals surface area contributed by atoms with Gasteiger partial charge in [0.2, 0.25) is 0 Å². The number of hydrogen-bond donors (Lipinski definition) is 1. The van der Waals surface area contributed by atoms with Crippen molar-refractivity contribution >= 4 is 46.3 Å². The summed E-state index contributed by atoms with van der Waals surface area (Å²) in [6, 6.07) is 24.6. The molecule has 0 aliphatic carbocycles. The van der Waals surface area contributed by atoms with E-state index in [1.54, 1.807) is 23.5 Å². The van der Waals surface area contributed by atoms with Crippen molar-refractivity contribution in [2.75, 3.05) is 5.75 Å². The monoisotopic (exact) mass is 655 g/mol. The number of nitrogens with one attached hydrogen (secondary N) is 1. The lowest BCUT2D eigenvalue weighted by atomic mass is 10.0. The standard InChI is InChI=1S/C32H26FN7O4S2/c33-24-12-8-22(9-13-24)27-17-26(28-7-4-16-45-28)37-39(27)30(41)20-46-32-36-35-29(38(32)19-21-5-2-1-3-6-21)18-34-31(42)23-10-14-25(15-11-23)40(43)44/h1-16,27H,17-20H2,(H,34,42). The zero-order valence-corrected chi connectivity index (χ0v) is 25.8. The molecule has 6 rings (SSSR count). The van der Waals surface area contributed by atoms with Crippen LogP contribution in [0.25, 0.3) is 0 Å². The van der Waals surface area contributed by atoms with Gasteiger partial charge in [0, 0.05) is 24.1 Å². The van der Waals surface area contributed by atoms with E-state index in [4.69, 9.17) is 0 Å². The van der Waals surface area contributed by atoms with Gasteiger partial charge in [0.15, 0.2) is 11.0 Å². The molecule has 11 nitrogen and oxygen atoms in total. The van der Waals surface area contributed by atoms with Gasteiger partial charge in [-0.3, -0.25) is 19.7 Å². The summed E-state index contributed by atoms with van der Waals surface area (Å²) in [6.07, 6.45) is 0.505. The van der Waals surface area contributed by atoms with Gasteiger partial charge in [0.05, 0.1) is 40.4 Å². The molecule has 0 radical (unpaired) electrons. The van der Waals surface area contributed by atoms with Gasteiger partial charge in [-0.25, -0.2) is 9.40 Å². The third-order valence-corrected chi connectivity index (χ3v) is 9.15. The van der Waals surface area contributed by atoms with Crippen LogP contribution in [0.15, 0.2) is 107 Å². The van der Waals surface area contributed by atoms with Crippen LogP contribution in [0.3, 0.4) is 0 Å². The molecule has 0 spiro atoms. The lowest BCUT2D eigenvalue weighted by molar-refractivity contribution is -0.384.